The number of hydrogen-bond acceptors (Lipinski definition) is 2. The van der Waals surface area contributed by atoms with E-state index in [0.717, 1.165) is 42.6 Å². The van der Waals surface area contributed by atoms with Gasteiger partial charge in [0.05, 0.1) is 12.6 Å². The Balaban J connectivity index is 1.85. The van der Waals surface area contributed by atoms with Crippen LogP contribution in [0.15, 0.2) is 42.6 Å². The van der Waals surface area contributed by atoms with Gasteiger partial charge in [-0.1, -0.05) is 30.3 Å². The quantitative estimate of drug-likeness (QED) is 0.855. The summed E-state index contributed by atoms with van der Waals surface area (Å²) in [6, 6.07) is 11.9. The van der Waals surface area contributed by atoms with Crippen LogP contribution in [0.4, 0.5) is 0 Å². The van der Waals surface area contributed by atoms with E-state index in [9.17, 15) is 4.79 Å². The summed E-state index contributed by atoms with van der Waals surface area (Å²) in [7, 11) is 0. The van der Waals surface area contributed by atoms with Gasteiger partial charge >= 0.3 is 0 Å². The van der Waals surface area contributed by atoms with E-state index in [1.54, 1.807) is 6.20 Å². The normalized spacial score (nSPS) is 14.5. The van der Waals surface area contributed by atoms with Crippen LogP contribution in [-0.4, -0.2) is 28.9 Å². The number of hydrogen-bond donors (Lipinski definition) is 0. The van der Waals surface area contributed by atoms with Crippen molar-refractivity contribution in [2.75, 3.05) is 13.1 Å². The summed E-state index contributed by atoms with van der Waals surface area (Å²) in [5, 5.41) is 0. The van der Waals surface area contributed by atoms with E-state index in [0.29, 0.717) is 6.42 Å². The molecular formula is C17H17N2O. The maximum Gasteiger partial charge on any atom is 0.227 e. The zero-order valence-corrected chi connectivity index (χ0v) is 11.4. The smallest absolute Gasteiger partial charge is 0.227 e. The Labute approximate surface area is 119 Å². The zero-order valence-electron chi connectivity index (χ0n) is 11.4. The molecule has 0 spiro atoms. The average molecular weight is 265 g/mol. The van der Waals surface area contributed by atoms with E-state index < -0.39 is 0 Å². The number of pyridine rings is 1. The molecule has 1 saturated heterocycles. The third-order valence-corrected chi connectivity index (χ3v) is 3.72. The highest BCUT2D eigenvalue weighted by atomic mass is 16.2. The van der Waals surface area contributed by atoms with Gasteiger partial charge in [0, 0.05) is 24.8 Å². The Bertz CT molecular complexity index is 589. The highest BCUT2D eigenvalue weighted by Crippen LogP contribution is 2.23. The Hall–Kier alpha value is -2.16. The fraction of sp³-hybridized carbons (Fsp3) is 0.294. The Kier molecular flexibility index (Phi) is 3.77. The molecule has 2 aromatic rings. The molecule has 0 atom stereocenters. The second kappa shape index (κ2) is 5.87. The van der Waals surface area contributed by atoms with E-state index in [-0.39, 0.29) is 5.91 Å². The first-order chi connectivity index (χ1) is 9.84. The van der Waals surface area contributed by atoms with E-state index in [4.69, 9.17) is 0 Å². The van der Waals surface area contributed by atoms with Crippen LogP contribution in [0.2, 0.25) is 0 Å². The van der Waals surface area contributed by atoms with Gasteiger partial charge in [0.25, 0.3) is 0 Å². The van der Waals surface area contributed by atoms with Crippen LogP contribution in [-0.2, 0) is 11.2 Å². The van der Waals surface area contributed by atoms with Crippen molar-refractivity contribution in [2.24, 2.45) is 0 Å². The van der Waals surface area contributed by atoms with Crippen molar-refractivity contribution in [3.63, 3.8) is 0 Å². The molecule has 3 rings (SSSR count). The van der Waals surface area contributed by atoms with Crippen molar-refractivity contribution in [2.45, 2.75) is 19.3 Å². The Morgan fingerprint density at radius 2 is 1.95 bits per heavy atom. The van der Waals surface area contributed by atoms with Crippen molar-refractivity contribution >= 4 is 5.91 Å². The van der Waals surface area contributed by atoms with Gasteiger partial charge in [-0.15, -0.1) is 0 Å². The minimum Gasteiger partial charge on any atom is -0.342 e. The average Bonchev–Trinajstić information content (AvgIpc) is 3.03. The lowest BCUT2D eigenvalue weighted by atomic mass is 9.98. The standard InChI is InChI=1S/C17H17N2O/c20-17(19-10-3-4-11-19)12-14-6-1-2-8-16(14)15-7-5-9-18-13-15/h1-2,5-9H,3-4,10-12H2. The number of nitrogens with zero attached hydrogens (tertiary/aromatic N) is 2. The van der Waals surface area contributed by atoms with Crippen molar-refractivity contribution in [1.29, 1.82) is 0 Å². The lowest BCUT2D eigenvalue weighted by molar-refractivity contribution is -0.129. The van der Waals surface area contributed by atoms with Gasteiger partial charge in [-0.05, 0) is 30.0 Å². The monoisotopic (exact) mass is 265 g/mol. The van der Waals surface area contributed by atoms with Crippen LogP contribution in [0, 0.1) is 6.20 Å². The predicted molar refractivity (Wildman–Crippen MR) is 78.0 cm³/mol. The van der Waals surface area contributed by atoms with Gasteiger partial charge < -0.3 is 4.90 Å². The third-order valence-electron chi connectivity index (χ3n) is 3.72. The van der Waals surface area contributed by atoms with Crippen LogP contribution in [0.3, 0.4) is 0 Å². The van der Waals surface area contributed by atoms with E-state index in [1.165, 1.54) is 0 Å². The van der Waals surface area contributed by atoms with Crippen LogP contribution < -0.4 is 0 Å². The lowest BCUT2D eigenvalue weighted by Crippen LogP contribution is -2.29. The summed E-state index contributed by atoms with van der Waals surface area (Å²) in [5.41, 5.74) is 3.04. The van der Waals surface area contributed by atoms with E-state index in [2.05, 4.69) is 11.2 Å². The van der Waals surface area contributed by atoms with Gasteiger partial charge in [-0.25, -0.2) is 0 Å². The largest absolute Gasteiger partial charge is 0.342 e. The predicted octanol–water partition coefficient (Wildman–Crippen LogP) is 2.71. The molecule has 3 nitrogen and oxygen atoms in total. The molecule has 0 N–H and O–H groups in total. The van der Waals surface area contributed by atoms with E-state index in [1.807, 2.05) is 41.3 Å². The summed E-state index contributed by atoms with van der Waals surface area (Å²) in [4.78, 5) is 18.3. The molecule has 2 heterocycles. The van der Waals surface area contributed by atoms with Gasteiger partial charge in [0.15, 0.2) is 0 Å². The van der Waals surface area contributed by atoms with Gasteiger partial charge in [0.1, 0.15) is 0 Å². The number of carbonyl (C=O) groups excluding carboxylic acids is 1. The Morgan fingerprint density at radius 3 is 2.70 bits per heavy atom. The van der Waals surface area contributed by atoms with Gasteiger partial charge in [-0.3, -0.25) is 9.78 Å². The SMILES string of the molecule is O=C(Cc1ccccc1-c1[c]nccc1)N1CCCC1. The van der Waals surface area contributed by atoms with Crippen molar-refractivity contribution in [1.82, 2.24) is 9.88 Å². The van der Waals surface area contributed by atoms with E-state index >= 15 is 0 Å². The number of aromatic nitrogens is 1. The minimum atomic E-state index is 0.221. The first-order valence-electron chi connectivity index (χ1n) is 7.03. The number of benzene rings is 1. The molecule has 0 aliphatic carbocycles. The fourth-order valence-corrected chi connectivity index (χ4v) is 2.65. The summed E-state index contributed by atoms with van der Waals surface area (Å²) in [6.45, 7) is 1.81. The van der Waals surface area contributed by atoms with Crippen LogP contribution in [0.5, 0.6) is 0 Å². The number of carbonyl (C=O) groups is 1. The van der Waals surface area contributed by atoms with Crippen LogP contribution in [0.25, 0.3) is 11.1 Å². The molecular weight excluding hydrogens is 248 g/mol. The van der Waals surface area contributed by atoms with Gasteiger partial charge in [-0.2, -0.15) is 0 Å². The number of likely N-dealkylation sites (tertiary alicyclic amines) is 1. The lowest BCUT2D eigenvalue weighted by Gasteiger charge is -2.16. The molecule has 1 aliphatic heterocycles. The summed E-state index contributed by atoms with van der Waals surface area (Å²) in [6.07, 6.45) is 7.42. The molecule has 3 heteroatoms. The van der Waals surface area contributed by atoms with Crippen molar-refractivity contribution < 1.29 is 4.79 Å². The summed E-state index contributed by atoms with van der Waals surface area (Å²) in [5.74, 6) is 0.221. The molecule has 1 fully saturated rings. The van der Waals surface area contributed by atoms with Gasteiger partial charge in [0.2, 0.25) is 5.91 Å². The maximum atomic E-state index is 12.3. The molecule has 1 aromatic heterocycles. The maximum absolute atomic E-state index is 12.3. The molecule has 0 bridgehead atoms. The van der Waals surface area contributed by atoms with Crippen molar-refractivity contribution in [3.05, 3.63) is 54.4 Å². The number of amides is 1. The first kappa shape index (κ1) is 12.9. The molecule has 1 amide bonds. The molecule has 0 unspecified atom stereocenters. The fourth-order valence-electron chi connectivity index (χ4n) is 2.65. The molecule has 1 radical (unpaired) electrons. The van der Waals surface area contributed by atoms with Crippen LogP contribution >= 0.6 is 0 Å². The molecule has 0 saturated carbocycles. The third kappa shape index (κ3) is 2.72. The van der Waals surface area contributed by atoms with Crippen molar-refractivity contribution in [3.8, 4) is 11.1 Å². The first-order valence-corrected chi connectivity index (χ1v) is 7.03. The second-order valence-corrected chi connectivity index (χ2v) is 5.08. The summed E-state index contributed by atoms with van der Waals surface area (Å²) >= 11 is 0. The number of rotatable bonds is 3. The van der Waals surface area contributed by atoms with Crippen LogP contribution in [0.1, 0.15) is 18.4 Å². The molecule has 101 valence electrons. The highest BCUT2D eigenvalue weighted by Gasteiger charge is 2.19. The molecule has 1 aromatic carbocycles. The topological polar surface area (TPSA) is 33.2 Å². The second-order valence-electron chi connectivity index (χ2n) is 5.08. The summed E-state index contributed by atoms with van der Waals surface area (Å²) < 4.78 is 0. The Morgan fingerprint density at radius 1 is 1.15 bits per heavy atom. The highest BCUT2D eigenvalue weighted by molar-refractivity contribution is 5.82. The zero-order chi connectivity index (χ0) is 13.8. The minimum absolute atomic E-state index is 0.221. The molecule has 20 heavy (non-hydrogen) atoms. The molecule has 1 aliphatic rings.